The Hall–Kier alpha value is -2.01. The van der Waals surface area contributed by atoms with Crippen molar-refractivity contribution in [1.29, 1.82) is 0 Å². The molecule has 0 aliphatic heterocycles. The predicted octanol–water partition coefficient (Wildman–Crippen LogP) is 3.75. The second kappa shape index (κ2) is 8.73. The fourth-order valence-electron chi connectivity index (χ4n) is 2.65. The van der Waals surface area contributed by atoms with Crippen LogP contribution in [0.15, 0.2) is 66.9 Å². The summed E-state index contributed by atoms with van der Waals surface area (Å²) in [5.41, 5.74) is 2.29. The van der Waals surface area contributed by atoms with Crippen molar-refractivity contribution in [2.75, 3.05) is 13.2 Å². The number of hydrogen-bond acceptors (Lipinski definition) is 4. The third-order valence-electron chi connectivity index (χ3n) is 3.93. The largest absolute Gasteiger partial charge is 0.396 e. The van der Waals surface area contributed by atoms with Crippen LogP contribution in [0.3, 0.4) is 0 Å². The molecule has 1 aromatic carbocycles. The van der Waals surface area contributed by atoms with Crippen LogP contribution in [0, 0.1) is 5.92 Å². The maximum Gasteiger partial charge on any atom is 0.0475 e. The fraction of sp³-hybridized carbons (Fsp3) is 0.250. The van der Waals surface area contributed by atoms with Crippen molar-refractivity contribution >= 4 is 11.3 Å². The first-order valence-electron chi connectivity index (χ1n) is 8.21. The van der Waals surface area contributed by atoms with Crippen LogP contribution in [0.4, 0.5) is 0 Å². The summed E-state index contributed by atoms with van der Waals surface area (Å²) in [4.78, 5) is 6.93. The molecule has 4 heteroatoms. The van der Waals surface area contributed by atoms with E-state index in [1.54, 1.807) is 6.20 Å². The maximum atomic E-state index is 9.57. The number of nitrogens with zero attached hydrogens (tertiary/aromatic N) is 1. The molecule has 0 spiro atoms. The highest BCUT2D eigenvalue weighted by Crippen LogP contribution is 2.27. The van der Waals surface area contributed by atoms with Gasteiger partial charge in [-0.2, -0.15) is 0 Å². The van der Waals surface area contributed by atoms with E-state index >= 15 is 0 Å². The highest BCUT2D eigenvalue weighted by Gasteiger charge is 2.09. The molecule has 0 saturated heterocycles. The van der Waals surface area contributed by atoms with E-state index in [0.29, 0.717) is 0 Å². The molecule has 2 N–H and O–H groups in total. The van der Waals surface area contributed by atoms with Crippen LogP contribution in [0.1, 0.15) is 10.6 Å². The number of thiophene rings is 1. The number of aliphatic hydroxyl groups excluding tert-OH is 1. The van der Waals surface area contributed by atoms with Crippen LogP contribution in [-0.4, -0.2) is 23.2 Å². The zero-order chi connectivity index (χ0) is 16.6. The SMILES string of the molecule is OCC(CNCc1ccc(-c2ccccc2)s1)Cc1ccccn1. The molecule has 124 valence electrons. The molecular formula is C20H22N2OS. The Morgan fingerprint density at radius 3 is 2.58 bits per heavy atom. The second-order valence-electron chi connectivity index (χ2n) is 5.84. The van der Waals surface area contributed by atoms with Crippen molar-refractivity contribution < 1.29 is 5.11 Å². The highest BCUT2D eigenvalue weighted by atomic mass is 32.1. The van der Waals surface area contributed by atoms with E-state index in [-0.39, 0.29) is 12.5 Å². The minimum atomic E-state index is 0.170. The third-order valence-corrected chi connectivity index (χ3v) is 5.07. The zero-order valence-electron chi connectivity index (χ0n) is 13.6. The monoisotopic (exact) mass is 338 g/mol. The molecule has 3 aromatic rings. The number of aromatic nitrogens is 1. The molecule has 1 atom stereocenters. The zero-order valence-corrected chi connectivity index (χ0v) is 14.4. The number of hydrogen-bond donors (Lipinski definition) is 2. The first-order chi connectivity index (χ1) is 11.8. The second-order valence-corrected chi connectivity index (χ2v) is 7.01. The lowest BCUT2D eigenvalue weighted by molar-refractivity contribution is 0.221. The van der Waals surface area contributed by atoms with Gasteiger partial charge in [-0.1, -0.05) is 36.4 Å². The van der Waals surface area contributed by atoms with Gasteiger partial charge in [0.15, 0.2) is 0 Å². The Morgan fingerprint density at radius 1 is 1.00 bits per heavy atom. The standard InChI is InChI=1S/C20H22N2OS/c23-15-16(12-18-8-4-5-11-22-18)13-21-14-19-9-10-20(24-19)17-6-2-1-3-7-17/h1-11,16,21,23H,12-15H2. The predicted molar refractivity (Wildman–Crippen MR) is 100.0 cm³/mol. The Labute approximate surface area is 147 Å². The highest BCUT2D eigenvalue weighted by molar-refractivity contribution is 7.15. The van der Waals surface area contributed by atoms with Crippen LogP contribution >= 0.6 is 11.3 Å². The van der Waals surface area contributed by atoms with Gasteiger partial charge in [0.1, 0.15) is 0 Å². The average molecular weight is 338 g/mol. The van der Waals surface area contributed by atoms with Gasteiger partial charge in [0.25, 0.3) is 0 Å². The number of rotatable bonds is 8. The van der Waals surface area contributed by atoms with Crippen LogP contribution in [-0.2, 0) is 13.0 Å². The quantitative estimate of drug-likeness (QED) is 0.657. The van der Waals surface area contributed by atoms with E-state index in [1.165, 1.54) is 15.3 Å². The Balaban J connectivity index is 1.50. The number of aliphatic hydroxyl groups is 1. The molecule has 0 fully saturated rings. The summed E-state index contributed by atoms with van der Waals surface area (Å²) < 4.78 is 0. The van der Waals surface area contributed by atoms with Crippen molar-refractivity contribution in [3.05, 3.63) is 77.4 Å². The number of pyridine rings is 1. The molecular weight excluding hydrogens is 316 g/mol. The van der Waals surface area contributed by atoms with Crippen LogP contribution < -0.4 is 5.32 Å². The minimum absolute atomic E-state index is 0.170. The molecule has 0 radical (unpaired) electrons. The minimum Gasteiger partial charge on any atom is -0.396 e. The Kier molecular flexibility index (Phi) is 6.13. The van der Waals surface area contributed by atoms with Crippen LogP contribution in [0.25, 0.3) is 10.4 Å². The van der Waals surface area contributed by atoms with Gasteiger partial charge in [0.2, 0.25) is 0 Å². The first-order valence-corrected chi connectivity index (χ1v) is 9.02. The summed E-state index contributed by atoms with van der Waals surface area (Å²) in [6, 6.07) is 20.7. The van der Waals surface area contributed by atoms with E-state index < -0.39 is 0 Å². The van der Waals surface area contributed by atoms with Gasteiger partial charge in [-0.3, -0.25) is 4.98 Å². The summed E-state index contributed by atoms with van der Waals surface area (Å²) in [6.07, 6.45) is 2.60. The van der Waals surface area contributed by atoms with Gasteiger partial charge < -0.3 is 10.4 Å². The van der Waals surface area contributed by atoms with E-state index in [0.717, 1.165) is 25.2 Å². The summed E-state index contributed by atoms with van der Waals surface area (Å²) in [5.74, 6) is 0.188. The summed E-state index contributed by atoms with van der Waals surface area (Å²) in [5, 5.41) is 13.0. The molecule has 0 saturated carbocycles. The van der Waals surface area contributed by atoms with Gasteiger partial charge in [-0.05, 0) is 42.2 Å². The molecule has 3 nitrogen and oxygen atoms in total. The van der Waals surface area contributed by atoms with Gasteiger partial charge in [-0.25, -0.2) is 0 Å². The van der Waals surface area contributed by atoms with Crippen molar-refractivity contribution in [1.82, 2.24) is 10.3 Å². The first kappa shape index (κ1) is 16.8. The fourth-order valence-corrected chi connectivity index (χ4v) is 3.63. The van der Waals surface area contributed by atoms with Gasteiger partial charge in [0.05, 0.1) is 0 Å². The van der Waals surface area contributed by atoms with E-state index in [4.69, 9.17) is 0 Å². The molecule has 2 aromatic heterocycles. The van der Waals surface area contributed by atoms with E-state index in [1.807, 2.05) is 35.6 Å². The average Bonchev–Trinajstić information content (AvgIpc) is 3.11. The van der Waals surface area contributed by atoms with Gasteiger partial charge in [0, 0.05) is 41.3 Å². The lowest BCUT2D eigenvalue weighted by atomic mass is 10.0. The van der Waals surface area contributed by atoms with Crippen molar-refractivity contribution in [3.8, 4) is 10.4 Å². The summed E-state index contributed by atoms with van der Waals surface area (Å²) in [7, 11) is 0. The lowest BCUT2D eigenvalue weighted by Gasteiger charge is -2.14. The third kappa shape index (κ3) is 4.74. The topological polar surface area (TPSA) is 45.1 Å². The van der Waals surface area contributed by atoms with Gasteiger partial charge in [-0.15, -0.1) is 11.3 Å². The normalized spacial score (nSPS) is 12.2. The van der Waals surface area contributed by atoms with Crippen LogP contribution in [0.5, 0.6) is 0 Å². The van der Waals surface area contributed by atoms with Crippen molar-refractivity contribution in [2.24, 2.45) is 5.92 Å². The summed E-state index contributed by atoms with van der Waals surface area (Å²) >= 11 is 1.81. The molecule has 1 unspecified atom stereocenters. The number of benzene rings is 1. The van der Waals surface area contributed by atoms with E-state index in [2.05, 4.69) is 46.7 Å². The lowest BCUT2D eigenvalue weighted by Crippen LogP contribution is -2.26. The molecule has 0 aliphatic rings. The van der Waals surface area contributed by atoms with Crippen molar-refractivity contribution in [3.63, 3.8) is 0 Å². The molecule has 3 rings (SSSR count). The molecule has 0 aliphatic carbocycles. The molecule has 0 amide bonds. The smallest absolute Gasteiger partial charge is 0.0475 e. The Morgan fingerprint density at radius 2 is 1.83 bits per heavy atom. The van der Waals surface area contributed by atoms with Gasteiger partial charge >= 0.3 is 0 Å². The van der Waals surface area contributed by atoms with Crippen LogP contribution in [0.2, 0.25) is 0 Å². The summed E-state index contributed by atoms with van der Waals surface area (Å²) in [6.45, 7) is 1.78. The molecule has 2 heterocycles. The maximum absolute atomic E-state index is 9.57. The Bertz CT molecular complexity index is 728. The van der Waals surface area contributed by atoms with Crippen molar-refractivity contribution in [2.45, 2.75) is 13.0 Å². The number of nitrogens with one attached hydrogen (secondary N) is 1. The molecule has 24 heavy (non-hydrogen) atoms. The molecule has 0 bridgehead atoms. The van der Waals surface area contributed by atoms with E-state index in [9.17, 15) is 5.11 Å².